The smallest absolute Gasteiger partial charge is 0.253 e. The molecule has 2 aromatic rings. The number of aromatic amines is 1. The molecule has 0 atom stereocenters. The maximum atomic E-state index is 12.0. The van der Waals surface area contributed by atoms with Gasteiger partial charge in [-0.1, -0.05) is 13.8 Å². The summed E-state index contributed by atoms with van der Waals surface area (Å²) in [5.74, 6) is 0.976. The molecule has 0 fully saturated rings. The second-order valence-corrected chi connectivity index (χ2v) is 5.45. The van der Waals surface area contributed by atoms with Crippen LogP contribution in [0.15, 0.2) is 29.1 Å². The molecule has 2 rings (SSSR count). The van der Waals surface area contributed by atoms with Crippen LogP contribution >= 0.6 is 0 Å². The topological polar surface area (TPSA) is 71.2 Å². The summed E-state index contributed by atoms with van der Waals surface area (Å²) in [5.41, 5.74) is 1.10. The number of ether oxygens (including phenoxy) is 1. The first kappa shape index (κ1) is 15.1. The molecular formula is C16H20N2O3. The molecule has 0 aliphatic rings. The Kier molecular flexibility index (Phi) is 4.62. The van der Waals surface area contributed by atoms with Crippen molar-refractivity contribution in [3.63, 3.8) is 0 Å². The molecule has 1 aromatic carbocycles. The van der Waals surface area contributed by atoms with Crippen molar-refractivity contribution in [2.45, 2.75) is 26.8 Å². The lowest BCUT2D eigenvalue weighted by molar-refractivity contribution is -0.121. The number of rotatable bonds is 5. The van der Waals surface area contributed by atoms with E-state index in [1.165, 1.54) is 0 Å². The number of hydrogen-bond acceptors (Lipinski definition) is 3. The van der Waals surface area contributed by atoms with E-state index in [2.05, 4.69) is 10.3 Å². The zero-order chi connectivity index (χ0) is 15.4. The van der Waals surface area contributed by atoms with E-state index in [-0.39, 0.29) is 18.0 Å². The first-order valence-electron chi connectivity index (χ1n) is 6.96. The van der Waals surface area contributed by atoms with Crippen LogP contribution in [0.2, 0.25) is 0 Å². The molecule has 5 nitrogen and oxygen atoms in total. The van der Waals surface area contributed by atoms with Gasteiger partial charge < -0.3 is 15.0 Å². The van der Waals surface area contributed by atoms with Gasteiger partial charge >= 0.3 is 0 Å². The molecule has 0 saturated heterocycles. The molecule has 1 heterocycles. The predicted octanol–water partition coefficient (Wildman–Crippen LogP) is 2.20. The van der Waals surface area contributed by atoms with Crippen LogP contribution in [-0.4, -0.2) is 18.0 Å². The van der Waals surface area contributed by atoms with Gasteiger partial charge in [-0.05, 0) is 30.2 Å². The fourth-order valence-electron chi connectivity index (χ4n) is 2.12. The SMILES string of the molecule is COc1ccc2[nH]c(=O)c(CNC(=O)CC(C)C)cc2c1. The number of pyridine rings is 1. The van der Waals surface area contributed by atoms with Crippen molar-refractivity contribution in [2.24, 2.45) is 5.92 Å². The van der Waals surface area contributed by atoms with Gasteiger partial charge in [0.2, 0.25) is 5.91 Å². The summed E-state index contributed by atoms with van der Waals surface area (Å²) in [6.45, 7) is 4.19. The van der Waals surface area contributed by atoms with E-state index in [9.17, 15) is 9.59 Å². The van der Waals surface area contributed by atoms with Crippen LogP contribution in [0.1, 0.15) is 25.8 Å². The van der Waals surface area contributed by atoms with Gasteiger partial charge in [-0.2, -0.15) is 0 Å². The number of methoxy groups -OCH3 is 1. The lowest BCUT2D eigenvalue weighted by Crippen LogP contribution is -2.27. The summed E-state index contributed by atoms with van der Waals surface area (Å²) in [6.07, 6.45) is 0.458. The Morgan fingerprint density at radius 2 is 2.10 bits per heavy atom. The van der Waals surface area contributed by atoms with Gasteiger partial charge in [-0.3, -0.25) is 9.59 Å². The van der Waals surface area contributed by atoms with Gasteiger partial charge in [0.25, 0.3) is 5.56 Å². The predicted molar refractivity (Wildman–Crippen MR) is 82.4 cm³/mol. The molecule has 21 heavy (non-hydrogen) atoms. The molecule has 1 aromatic heterocycles. The van der Waals surface area contributed by atoms with Crippen LogP contribution in [0.3, 0.4) is 0 Å². The van der Waals surface area contributed by atoms with Crippen LogP contribution in [0.5, 0.6) is 5.75 Å². The standard InChI is InChI=1S/C16H20N2O3/c1-10(2)6-15(19)17-9-12-7-11-8-13(21-3)4-5-14(11)18-16(12)20/h4-5,7-8,10H,6,9H2,1-3H3,(H,17,19)(H,18,20). The van der Waals surface area contributed by atoms with Crippen LogP contribution in [0.4, 0.5) is 0 Å². The van der Waals surface area contributed by atoms with Crippen molar-refractivity contribution in [1.29, 1.82) is 0 Å². The van der Waals surface area contributed by atoms with E-state index in [4.69, 9.17) is 4.74 Å². The van der Waals surface area contributed by atoms with Gasteiger partial charge in [0, 0.05) is 29.4 Å². The van der Waals surface area contributed by atoms with Gasteiger partial charge in [-0.15, -0.1) is 0 Å². The average molecular weight is 288 g/mol. The lowest BCUT2D eigenvalue weighted by Gasteiger charge is -2.08. The molecule has 0 radical (unpaired) electrons. The minimum absolute atomic E-state index is 0.0462. The van der Waals surface area contributed by atoms with Crippen molar-refractivity contribution < 1.29 is 9.53 Å². The minimum Gasteiger partial charge on any atom is -0.497 e. The molecule has 112 valence electrons. The van der Waals surface area contributed by atoms with Gasteiger partial charge in [-0.25, -0.2) is 0 Å². The number of fused-ring (bicyclic) bond motifs is 1. The number of H-pyrrole nitrogens is 1. The van der Waals surface area contributed by atoms with Crippen LogP contribution in [0.25, 0.3) is 10.9 Å². The largest absolute Gasteiger partial charge is 0.497 e. The highest BCUT2D eigenvalue weighted by atomic mass is 16.5. The highest BCUT2D eigenvalue weighted by molar-refractivity contribution is 5.81. The van der Waals surface area contributed by atoms with Gasteiger partial charge in [0.05, 0.1) is 7.11 Å². The Bertz CT molecular complexity index is 704. The molecular weight excluding hydrogens is 268 g/mol. The van der Waals surface area contributed by atoms with E-state index < -0.39 is 0 Å². The molecule has 0 spiro atoms. The second kappa shape index (κ2) is 6.43. The molecule has 0 unspecified atom stereocenters. The summed E-state index contributed by atoms with van der Waals surface area (Å²) in [7, 11) is 1.60. The highest BCUT2D eigenvalue weighted by Crippen LogP contribution is 2.18. The first-order valence-corrected chi connectivity index (χ1v) is 6.96. The van der Waals surface area contributed by atoms with Crippen LogP contribution in [0, 0.1) is 5.92 Å². The first-order chi connectivity index (χ1) is 9.99. The zero-order valence-corrected chi connectivity index (χ0v) is 12.5. The monoisotopic (exact) mass is 288 g/mol. The molecule has 2 N–H and O–H groups in total. The van der Waals surface area contributed by atoms with Crippen molar-refractivity contribution in [2.75, 3.05) is 7.11 Å². The number of amides is 1. The fourth-order valence-corrected chi connectivity index (χ4v) is 2.12. The Labute approximate surface area is 123 Å². The third-order valence-electron chi connectivity index (χ3n) is 3.20. The number of aromatic nitrogens is 1. The minimum atomic E-state index is -0.183. The summed E-state index contributed by atoms with van der Waals surface area (Å²) in [4.78, 5) is 26.5. The van der Waals surface area contributed by atoms with Crippen LogP contribution in [-0.2, 0) is 11.3 Å². The van der Waals surface area contributed by atoms with E-state index in [0.29, 0.717) is 17.9 Å². The number of carbonyl (C=O) groups is 1. The average Bonchev–Trinajstić information content (AvgIpc) is 2.43. The lowest BCUT2D eigenvalue weighted by atomic mass is 10.1. The van der Waals surface area contributed by atoms with Crippen molar-refractivity contribution in [3.05, 3.63) is 40.2 Å². The van der Waals surface area contributed by atoms with E-state index in [0.717, 1.165) is 16.7 Å². The normalized spacial score (nSPS) is 10.9. The van der Waals surface area contributed by atoms with Crippen molar-refractivity contribution in [1.82, 2.24) is 10.3 Å². The molecule has 0 aliphatic heterocycles. The highest BCUT2D eigenvalue weighted by Gasteiger charge is 2.08. The third-order valence-corrected chi connectivity index (χ3v) is 3.20. The fraction of sp³-hybridized carbons (Fsp3) is 0.375. The molecule has 5 heteroatoms. The summed E-state index contributed by atoms with van der Waals surface area (Å²) >= 11 is 0. The van der Waals surface area contributed by atoms with E-state index in [1.807, 2.05) is 19.9 Å². The summed E-state index contributed by atoms with van der Waals surface area (Å²) in [6, 6.07) is 7.23. The number of nitrogens with one attached hydrogen (secondary N) is 2. The summed E-state index contributed by atoms with van der Waals surface area (Å²) in [5, 5.41) is 3.65. The van der Waals surface area contributed by atoms with Gasteiger partial charge in [0.1, 0.15) is 5.75 Å². The van der Waals surface area contributed by atoms with Gasteiger partial charge in [0.15, 0.2) is 0 Å². The maximum absolute atomic E-state index is 12.0. The maximum Gasteiger partial charge on any atom is 0.253 e. The molecule has 0 bridgehead atoms. The van der Waals surface area contributed by atoms with E-state index >= 15 is 0 Å². The number of hydrogen-bond donors (Lipinski definition) is 2. The third kappa shape index (κ3) is 3.84. The Morgan fingerprint density at radius 3 is 2.76 bits per heavy atom. The number of benzene rings is 1. The van der Waals surface area contributed by atoms with Crippen LogP contribution < -0.4 is 15.6 Å². The number of carbonyl (C=O) groups excluding carboxylic acids is 1. The molecule has 0 aliphatic carbocycles. The van der Waals surface area contributed by atoms with Crippen molar-refractivity contribution >= 4 is 16.8 Å². The Balaban J connectivity index is 2.21. The Hall–Kier alpha value is -2.30. The van der Waals surface area contributed by atoms with E-state index in [1.54, 1.807) is 25.3 Å². The molecule has 1 amide bonds. The summed E-state index contributed by atoms with van der Waals surface area (Å²) < 4.78 is 5.17. The second-order valence-electron chi connectivity index (χ2n) is 5.45. The quantitative estimate of drug-likeness (QED) is 0.886. The molecule has 0 saturated carbocycles. The Morgan fingerprint density at radius 1 is 1.33 bits per heavy atom. The zero-order valence-electron chi connectivity index (χ0n) is 12.5. The van der Waals surface area contributed by atoms with Crippen molar-refractivity contribution in [3.8, 4) is 5.75 Å².